The lowest BCUT2D eigenvalue weighted by molar-refractivity contribution is -0.0655. The highest BCUT2D eigenvalue weighted by molar-refractivity contribution is 7.89. The third kappa shape index (κ3) is 3.42. The van der Waals surface area contributed by atoms with Crippen LogP contribution in [0.15, 0.2) is 53.4 Å². The zero-order chi connectivity index (χ0) is 19.1. The Bertz CT molecular complexity index is 927. The Labute approximate surface area is 159 Å². The molecule has 0 aliphatic carbocycles. The van der Waals surface area contributed by atoms with E-state index in [2.05, 4.69) is 0 Å². The molecule has 0 amide bonds. The molecule has 1 atom stereocenters. The van der Waals surface area contributed by atoms with E-state index in [-0.39, 0.29) is 17.5 Å². The molecule has 144 valence electrons. The van der Waals surface area contributed by atoms with Crippen LogP contribution in [-0.2, 0) is 14.8 Å². The van der Waals surface area contributed by atoms with Gasteiger partial charge in [-0.2, -0.15) is 4.31 Å². The van der Waals surface area contributed by atoms with Crippen molar-refractivity contribution in [3.8, 4) is 11.5 Å². The summed E-state index contributed by atoms with van der Waals surface area (Å²) in [4.78, 5) is 0.202. The highest BCUT2D eigenvalue weighted by Gasteiger charge is 2.43. The number of ether oxygens (including phenoxy) is 3. The second-order valence-electron chi connectivity index (χ2n) is 7.36. The van der Waals surface area contributed by atoms with E-state index in [4.69, 9.17) is 14.2 Å². The third-order valence-electron chi connectivity index (χ3n) is 4.92. The fraction of sp³-hybridized carbons (Fsp3) is 0.400. The maximum Gasteiger partial charge on any atom is 0.243 e. The first-order valence-corrected chi connectivity index (χ1v) is 10.4. The third-order valence-corrected chi connectivity index (χ3v) is 6.99. The molecule has 1 unspecified atom stereocenters. The van der Waals surface area contributed by atoms with Crippen molar-refractivity contribution >= 4 is 10.0 Å². The molecular formula is C20H23NO5S. The van der Waals surface area contributed by atoms with Crippen LogP contribution in [0.3, 0.4) is 0 Å². The van der Waals surface area contributed by atoms with Crippen molar-refractivity contribution in [3.63, 3.8) is 0 Å². The fourth-order valence-corrected chi connectivity index (χ4v) is 5.22. The highest BCUT2D eigenvalue weighted by atomic mass is 32.2. The second-order valence-corrected chi connectivity index (χ2v) is 9.23. The lowest BCUT2D eigenvalue weighted by Gasteiger charge is -2.44. The van der Waals surface area contributed by atoms with Gasteiger partial charge in [0.1, 0.15) is 13.2 Å². The molecule has 1 fully saturated rings. The van der Waals surface area contributed by atoms with E-state index in [0.29, 0.717) is 31.3 Å². The van der Waals surface area contributed by atoms with Crippen molar-refractivity contribution in [2.24, 2.45) is 0 Å². The van der Waals surface area contributed by atoms with E-state index < -0.39 is 15.6 Å². The fourth-order valence-electron chi connectivity index (χ4n) is 3.43. The number of hydrogen-bond acceptors (Lipinski definition) is 5. The average molecular weight is 389 g/mol. The average Bonchev–Trinajstić information content (AvgIpc) is 2.68. The summed E-state index contributed by atoms with van der Waals surface area (Å²) >= 11 is 0. The number of rotatable bonds is 3. The molecule has 0 bridgehead atoms. The van der Waals surface area contributed by atoms with Crippen molar-refractivity contribution in [1.82, 2.24) is 4.31 Å². The van der Waals surface area contributed by atoms with Crippen molar-refractivity contribution in [2.75, 3.05) is 26.4 Å². The van der Waals surface area contributed by atoms with Gasteiger partial charge in [-0.25, -0.2) is 8.42 Å². The van der Waals surface area contributed by atoms with Crippen LogP contribution in [0.25, 0.3) is 0 Å². The summed E-state index contributed by atoms with van der Waals surface area (Å²) in [5, 5.41) is 0. The maximum absolute atomic E-state index is 13.4. The zero-order valence-electron chi connectivity index (χ0n) is 15.4. The molecule has 4 rings (SSSR count). The number of fused-ring (bicyclic) bond motifs is 1. The summed E-state index contributed by atoms with van der Waals surface area (Å²) in [5.41, 5.74) is 0.313. The van der Waals surface area contributed by atoms with Gasteiger partial charge in [-0.05, 0) is 31.5 Å². The van der Waals surface area contributed by atoms with E-state index in [1.807, 2.05) is 44.2 Å². The lowest BCUT2D eigenvalue weighted by atomic mass is 10.0. The molecule has 0 radical (unpaired) electrons. The van der Waals surface area contributed by atoms with Crippen LogP contribution in [0.1, 0.15) is 25.5 Å². The molecule has 0 N–H and O–H groups in total. The minimum absolute atomic E-state index is 0.202. The van der Waals surface area contributed by atoms with Crippen LogP contribution < -0.4 is 9.47 Å². The van der Waals surface area contributed by atoms with Gasteiger partial charge in [-0.3, -0.25) is 0 Å². The normalized spacial score (nSPS) is 22.4. The molecule has 7 heteroatoms. The standard InChI is InChI=1S/C20H23NO5S/c1-20(2)14-26-19(15-6-4-3-5-7-15)13-21(20)27(22,23)16-8-9-17-18(12-16)25-11-10-24-17/h3-9,12,19H,10-11,13-14H2,1-2H3. The second kappa shape index (κ2) is 6.82. The van der Waals surface area contributed by atoms with Gasteiger partial charge in [0, 0.05) is 12.6 Å². The minimum atomic E-state index is -3.73. The first-order valence-electron chi connectivity index (χ1n) is 8.97. The van der Waals surface area contributed by atoms with Gasteiger partial charge in [-0.15, -0.1) is 0 Å². The van der Waals surface area contributed by atoms with Crippen molar-refractivity contribution in [2.45, 2.75) is 30.4 Å². The van der Waals surface area contributed by atoms with Gasteiger partial charge in [0.2, 0.25) is 10.0 Å². The zero-order valence-corrected chi connectivity index (χ0v) is 16.2. The SMILES string of the molecule is CC1(C)COC(c2ccccc2)CN1S(=O)(=O)c1ccc2c(c1)OCCO2. The van der Waals surface area contributed by atoms with E-state index in [1.54, 1.807) is 18.2 Å². The Morgan fingerprint density at radius 1 is 1.00 bits per heavy atom. The number of sulfonamides is 1. The topological polar surface area (TPSA) is 65.1 Å². The Kier molecular flexibility index (Phi) is 4.61. The number of hydrogen-bond donors (Lipinski definition) is 0. The van der Waals surface area contributed by atoms with Gasteiger partial charge in [0.05, 0.1) is 23.1 Å². The summed E-state index contributed by atoms with van der Waals surface area (Å²) in [6.07, 6.45) is -0.300. The minimum Gasteiger partial charge on any atom is -0.486 e. The first-order chi connectivity index (χ1) is 12.9. The summed E-state index contributed by atoms with van der Waals surface area (Å²) in [5.74, 6) is 1.04. The van der Waals surface area contributed by atoms with Crippen LogP contribution in [0.2, 0.25) is 0 Å². The van der Waals surface area contributed by atoms with E-state index in [9.17, 15) is 8.42 Å². The van der Waals surface area contributed by atoms with Gasteiger partial charge in [-0.1, -0.05) is 30.3 Å². The van der Waals surface area contributed by atoms with Gasteiger partial charge < -0.3 is 14.2 Å². The lowest BCUT2D eigenvalue weighted by Crippen LogP contribution is -2.56. The van der Waals surface area contributed by atoms with Gasteiger partial charge in [0.15, 0.2) is 11.5 Å². The largest absolute Gasteiger partial charge is 0.486 e. The smallest absolute Gasteiger partial charge is 0.243 e. The number of morpholine rings is 1. The van der Waals surface area contributed by atoms with Crippen molar-refractivity contribution < 1.29 is 22.6 Å². The van der Waals surface area contributed by atoms with Gasteiger partial charge >= 0.3 is 0 Å². The maximum atomic E-state index is 13.4. The molecule has 0 aromatic heterocycles. The van der Waals surface area contributed by atoms with Crippen LogP contribution in [0.5, 0.6) is 11.5 Å². The van der Waals surface area contributed by atoms with Crippen LogP contribution >= 0.6 is 0 Å². The Balaban J connectivity index is 1.68. The molecule has 1 saturated heterocycles. The Morgan fingerprint density at radius 2 is 1.70 bits per heavy atom. The molecule has 6 nitrogen and oxygen atoms in total. The first kappa shape index (κ1) is 18.3. The van der Waals surface area contributed by atoms with Crippen molar-refractivity contribution in [3.05, 3.63) is 54.1 Å². The molecular weight excluding hydrogens is 366 g/mol. The van der Waals surface area contributed by atoms with Crippen LogP contribution in [0.4, 0.5) is 0 Å². The van der Waals surface area contributed by atoms with Crippen LogP contribution in [-0.4, -0.2) is 44.6 Å². The molecule has 2 aliphatic heterocycles. The molecule has 0 spiro atoms. The molecule has 2 heterocycles. The number of benzene rings is 2. The molecule has 0 saturated carbocycles. The van der Waals surface area contributed by atoms with E-state index in [1.165, 1.54) is 4.31 Å². The molecule has 2 aromatic carbocycles. The molecule has 2 aromatic rings. The Hall–Kier alpha value is -2.09. The summed E-state index contributed by atoms with van der Waals surface area (Å²) in [6, 6.07) is 14.5. The molecule has 2 aliphatic rings. The highest BCUT2D eigenvalue weighted by Crippen LogP contribution is 2.37. The van der Waals surface area contributed by atoms with Crippen LogP contribution in [0, 0.1) is 0 Å². The Morgan fingerprint density at radius 3 is 2.44 bits per heavy atom. The molecule has 27 heavy (non-hydrogen) atoms. The van der Waals surface area contributed by atoms with Gasteiger partial charge in [0.25, 0.3) is 0 Å². The summed E-state index contributed by atoms with van der Waals surface area (Å²) < 4.78 is 45.4. The predicted octanol–water partition coefficient (Wildman–Crippen LogP) is 3.00. The van der Waals surface area contributed by atoms with Crippen molar-refractivity contribution in [1.29, 1.82) is 0 Å². The predicted molar refractivity (Wildman–Crippen MR) is 101 cm³/mol. The number of nitrogens with zero attached hydrogens (tertiary/aromatic N) is 1. The quantitative estimate of drug-likeness (QED) is 0.807. The summed E-state index contributed by atoms with van der Waals surface area (Å²) in [6.45, 7) is 5.21. The monoisotopic (exact) mass is 389 g/mol. The van der Waals surface area contributed by atoms with E-state index >= 15 is 0 Å². The summed E-state index contributed by atoms with van der Waals surface area (Å²) in [7, 11) is -3.73. The van der Waals surface area contributed by atoms with E-state index in [0.717, 1.165) is 5.56 Å².